The zero-order valence-corrected chi connectivity index (χ0v) is 81.1. The minimum Gasteiger partial charge on any atom is -0.508 e. The number of thiol groups is 2. The number of phenolic OH excluding ortho intramolecular Hbond substituents is 1. The van der Waals surface area contributed by atoms with E-state index in [0.717, 1.165) is 4.90 Å². The lowest BCUT2D eigenvalue weighted by Gasteiger charge is -2.30. The molecule has 48 heteroatoms. The number of aromatic amines is 2. The highest BCUT2D eigenvalue weighted by Crippen LogP contribution is 2.25. The lowest BCUT2D eigenvalue weighted by Crippen LogP contribution is -2.62. The van der Waals surface area contributed by atoms with Crippen molar-refractivity contribution in [1.29, 1.82) is 0 Å². The van der Waals surface area contributed by atoms with Crippen molar-refractivity contribution in [3.05, 3.63) is 138 Å². The van der Waals surface area contributed by atoms with Gasteiger partial charge in [-0.1, -0.05) is 120 Å². The Bertz CT molecular complexity index is 5450. The third-order valence-corrected chi connectivity index (χ3v) is 24.1. The van der Waals surface area contributed by atoms with Gasteiger partial charge in [0.2, 0.25) is 100 Å². The molecule has 3 heterocycles. The van der Waals surface area contributed by atoms with Crippen LogP contribution in [0.4, 0.5) is 0 Å². The number of nitrogens with zero attached hydrogens (tertiary/aromatic N) is 1. The van der Waals surface area contributed by atoms with Gasteiger partial charge < -0.3 is 138 Å². The number of carboxylic acid groups (broad SMARTS) is 3. The number of aliphatic hydroxyl groups excluding tert-OH is 1. The number of carbonyl (C=O) groups excluding carboxylic acids is 17. The first-order chi connectivity index (χ1) is 67.3. The number of hydrogen-bond acceptors (Lipinski definition) is 26. The maximum Gasteiger partial charge on any atom is 0.326 e. The lowest BCUT2D eigenvalue weighted by molar-refractivity contribution is -0.145. The van der Waals surface area contributed by atoms with Gasteiger partial charge in [-0.3, -0.25) is 91.1 Å². The molecule has 142 heavy (non-hydrogen) atoms. The first kappa shape index (κ1) is 115. The van der Waals surface area contributed by atoms with Crippen LogP contribution in [-0.2, 0) is 122 Å². The molecule has 46 nitrogen and oxygen atoms in total. The van der Waals surface area contributed by atoms with E-state index in [1.807, 2.05) is 0 Å². The average Bonchev–Trinajstić information content (AvgIpc) is 1.68. The minimum absolute atomic E-state index is 0.0489. The number of H-pyrrole nitrogens is 2. The number of aromatic nitrogens is 2. The molecule has 6 aromatic rings. The van der Waals surface area contributed by atoms with Gasteiger partial charge in [0.1, 0.15) is 96.4 Å². The maximum absolute atomic E-state index is 15.3. The van der Waals surface area contributed by atoms with E-state index < -0.39 is 290 Å². The Labute approximate surface area is 828 Å². The highest BCUT2D eigenvalue weighted by Gasteiger charge is 2.43. The van der Waals surface area contributed by atoms with Gasteiger partial charge in [0.15, 0.2) is 0 Å². The molecular formula is C94H129N21O25S2. The van der Waals surface area contributed by atoms with Crippen LogP contribution in [0.2, 0.25) is 0 Å². The highest BCUT2D eigenvalue weighted by molar-refractivity contribution is 7.80. The number of amides is 17. The summed E-state index contributed by atoms with van der Waals surface area (Å²) in [7, 11) is 0. The molecule has 0 saturated carbocycles. The molecule has 1 aliphatic heterocycles. The largest absolute Gasteiger partial charge is 0.508 e. The second kappa shape index (κ2) is 56.3. The van der Waals surface area contributed by atoms with Crippen molar-refractivity contribution in [2.45, 2.75) is 241 Å². The summed E-state index contributed by atoms with van der Waals surface area (Å²) in [5.74, 6) is -24.9. The number of fused-ring (bicyclic) bond motifs is 2. The Morgan fingerprint density at radius 3 is 1.26 bits per heavy atom. The van der Waals surface area contributed by atoms with E-state index in [1.165, 1.54) is 38.1 Å². The van der Waals surface area contributed by atoms with Crippen LogP contribution in [0.15, 0.2) is 116 Å². The highest BCUT2D eigenvalue weighted by atomic mass is 32.1. The second-order valence-electron chi connectivity index (χ2n) is 35.7. The summed E-state index contributed by atoms with van der Waals surface area (Å²) in [6.45, 7) is 8.43. The molecule has 772 valence electrons. The van der Waals surface area contributed by atoms with E-state index in [2.05, 4.69) is 110 Å². The Balaban J connectivity index is 1.08. The average molecular weight is 2020 g/mol. The fourth-order valence-electron chi connectivity index (χ4n) is 15.7. The van der Waals surface area contributed by atoms with Gasteiger partial charge in [-0.25, -0.2) is 4.79 Å². The fourth-order valence-corrected chi connectivity index (χ4v) is 16.2. The monoisotopic (exact) mass is 2020 g/mol. The Hall–Kier alpha value is -14.3. The smallest absolute Gasteiger partial charge is 0.326 e. The van der Waals surface area contributed by atoms with Crippen molar-refractivity contribution < 1.29 is 121 Å². The first-order valence-corrected chi connectivity index (χ1v) is 47.6. The molecule has 0 unspecified atom stereocenters. The standard InChI is InChI=1S/C94H129N21O25S2/c1-47(2)35-68(94(139)140)109-90(135)72-24-16-34-115(72)93(138)67(41-74(98)119)108-89(134)70(45-141)111-84(129)64(37-51-25-27-54(117)28-26-51)106-85(130)65(38-52-42-99-58-21-12-10-19-55(52)58)107-80(125)61(29-31-73(97)118)103-91(136)77(48(3)4)113-82(127)60(23-14-15-33-95)101-87(132)69(44-116)110-83(128)63(36-50-17-8-7-9-18-50)105-81(126)62(30-32-75(120)121)102-88(133)71(46-142)112-92(137)78(49(5)6)114-86(131)66(104-79(124)57(96)40-76(122)123)39-53-43-100-59-22-13-11-20-56(53)59/h7-13,17-22,25-28,42-43,47-49,57,60-72,77-78,99-100,116-117,141-142H,14-16,23-24,29-41,44-46,95-96H2,1-6H3,(H2,97,118)(H2,98,119)(H,101,132)(H,102,133)(H,103,136)(H,104,124)(H,105,126)(H,106,130)(H,107,125)(H,108,134)(H,109,135)(H,110,128)(H,111,129)(H,112,137)(H,113,127)(H,114,131)(H,120,121)(H,122,123)(H,139,140)/t57-,60-,61-,62-,63-,64-,65-,66-,67-,68-,69-,70-,71-,72-,77-,78-/m0/s1. The van der Waals surface area contributed by atoms with Gasteiger partial charge in [-0.2, -0.15) is 25.3 Å². The summed E-state index contributed by atoms with van der Waals surface area (Å²) in [6, 6.07) is 1.10. The fraction of sp³-hybridized carbons (Fsp3) is 0.489. The zero-order chi connectivity index (χ0) is 105. The van der Waals surface area contributed by atoms with Gasteiger partial charge in [-0.05, 0) is 122 Å². The molecule has 2 aromatic heterocycles. The van der Waals surface area contributed by atoms with E-state index in [-0.39, 0.29) is 82.5 Å². The van der Waals surface area contributed by atoms with Gasteiger partial charge in [0.05, 0.1) is 25.5 Å². The summed E-state index contributed by atoms with van der Waals surface area (Å²) in [5.41, 5.74) is 25.9. The first-order valence-electron chi connectivity index (χ1n) is 46.3. The van der Waals surface area contributed by atoms with E-state index in [0.29, 0.717) is 44.1 Å². The number of nitrogens with one attached hydrogen (secondary N) is 16. The molecule has 16 atom stereocenters. The second-order valence-corrected chi connectivity index (χ2v) is 36.4. The van der Waals surface area contributed by atoms with Crippen molar-refractivity contribution in [1.82, 2.24) is 89.3 Å². The van der Waals surface area contributed by atoms with Crippen LogP contribution in [0, 0.1) is 17.8 Å². The van der Waals surface area contributed by atoms with Crippen LogP contribution in [0.25, 0.3) is 21.8 Å². The number of para-hydroxylation sites is 2. The number of unbranched alkanes of at least 4 members (excludes halogenated alkanes) is 1. The summed E-state index contributed by atoms with van der Waals surface area (Å²) in [6.07, 6.45) is -1.75. The number of benzene rings is 4. The number of carboxylic acids is 3. The Kier molecular flexibility index (Phi) is 45.4. The van der Waals surface area contributed by atoms with Gasteiger partial charge in [0.25, 0.3) is 0 Å². The minimum atomic E-state index is -1.95. The number of rotatable bonds is 59. The molecule has 0 aliphatic carbocycles. The van der Waals surface area contributed by atoms with Crippen LogP contribution in [0.1, 0.15) is 141 Å². The maximum atomic E-state index is 15.3. The van der Waals surface area contributed by atoms with E-state index in [1.54, 1.807) is 119 Å². The quantitative estimate of drug-likeness (QED) is 0.0131. The molecule has 1 aliphatic rings. The molecule has 0 radical (unpaired) electrons. The molecular weight excluding hydrogens is 1890 g/mol. The third-order valence-electron chi connectivity index (χ3n) is 23.4. The number of aromatic hydroxyl groups is 1. The van der Waals surface area contributed by atoms with Gasteiger partial charge in [0, 0.05) is 90.8 Å². The molecule has 17 amide bonds. The number of nitrogens with two attached hydrogens (primary N) is 4. The Morgan fingerprint density at radius 1 is 0.415 bits per heavy atom. The van der Waals surface area contributed by atoms with Crippen molar-refractivity contribution >= 4 is 165 Å². The van der Waals surface area contributed by atoms with Crippen molar-refractivity contribution in [3.8, 4) is 5.75 Å². The third kappa shape index (κ3) is 35.5. The molecule has 0 bridgehead atoms. The van der Waals surface area contributed by atoms with Crippen LogP contribution in [0.3, 0.4) is 0 Å². The van der Waals surface area contributed by atoms with Crippen LogP contribution in [-0.4, -0.2) is 287 Å². The number of primary amides is 2. The molecule has 29 N–H and O–H groups in total. The SMILES string of the molecule is CC(C)C[C@H](NC(=O)[C@@H]1CCCN1C(=O)[C@H](CC(N)=O)NC(=O)[C@H](CS)NC(=O)[C@H](Cc1ccc(O)cc1)NC(=O)[C@H](Cc1c[nH]c2ccccc12)NC(=O)[C@H](CCC(N)=O)NC(=O)[C@@H](NC(=O)[C@H](CCCCN)NC(=O)[C@H](CO)NC(=O)[C@H](Cc1ccccc1)NC(=O)[C@H](CCC(=O)O)NC(=O)[C@H](CS)NC(=O)[C@@H](NC(=O)[C@H](Cc1c[nH]c2ccccc12)NC(=O)[C@@H](N)CC(=O)O)C(C)C)C(C)C)C(=O)O. The van der Waals surface area contributed by atoms with Crippen molar-refractivity contribution in [2.24, 2.45) is 40.7 Å². The predicted octanol–water partition coefficient (Wildman–Crippen LogP) is -3.37. The van der Waals surface area contributed by atoms with E-state index in [9.17, 15) is 112 Å². The van der Waals surface area contributed by atoms with Crippen molar-refractivity contribution in [2.75, 3.05) is 31.2 Å². The Morgan fingerprint density at radius 2 is 0.810 bits per heavy atom. The number of aliphatic hydroxyl groups is 1. The summed E-state index contributed by atoms with van der Waals surface area (Å²) in [4.78, 5) is 286. The van der Waals surface area contributed by atoms with Crippen molar-refractivity contribution in [3.63, 3.8) is 0 Å². The molecule has 4 aromatic carbocycles. The van der Waals surface area contributed by atoms with Crippen LogP contribution >= 0.6 is 25.3 Å². The normalized spacial score (nSPS) is 15.6. The summed E-state index contributed by atoms with van der Waals surface area (Å²) >= 11 is 8.60. The van der Waals surface area contributed by atoms with Gasteiger partial charge in [-0.15, -0.1) is 0 Å². The van der Waals surface area contributed by atoms with Crippen LogP contribution in [0.5, 0.6) is 5.75 Å². The number of phenols is 1. The molecule has 1 fully saturated rings. The number of carbonyl (C=O) groups is 20. The summed E-state index contributed by atoms with van der Waals surface area (Å²) in [5, 5.41) is 86.7. The number of likely N-dealkylation sites (tertiary alicyclic amines) is 1. The predicted molar refractivity (Wildman–Crippen MR) is 522 cm³/mol. The van der Waals surface area contributed by atoms with Gasteiger partial charge >= 0.3 is 17.9 Å². The molecule has 7 rings (SSSR count). The molecule has 0 spiro atoms. The molecule has 1 saturated heterocycles. The lowest BCUT2D eigenvalue weighted by atomic mass is 9.99. The van der Waals surface area contributed by atoms with Crippen LogP contribution < -0.4 is 97.4 Å². The van der Waals surface area contributed by atoms with E-state index in [4.69, 9.17) is 22.9 Å². The topological polar surface area (TPSA) is 750 Å². The number of aliphatic carboxylic acids is 3. The number of hydrogen-bond donors (Lipinski definition) is 27. The zero-order valence-electron chi connectivity index (χ0n) is 79.3. The van der Waals surface area contributed by atoms with E-state index >= 15 is 9.59 Å². The summed E-state index contributed by atoms with van der Waals surface area (Å²) < 4.78 is 0.